The summed E-state index contributed by atoms with van der Waals surface area (Å²) < 4.78 is 43.6. The highest BCUT2D eigenvalue weighted by Crippen LogP contribution is 2.34. The van der Waals surface area contributed by atoms with Crippen LogP contribution in [0.3, 0.4) is 0 Å². The lowest BCUT2D eigenvalue weighted by Gasteiger charge is -2.11. The van der Waals surface area contributed by atoms with Gasteiger partial charge in [-0.3, -0.25) is 9.59 Å². The van der Waals surface area contributed by atoms with Crippen molar-refractivity contribution >= 4 is 58.0 Å². The first-order chi connectivity index (χ1) is 15.5. The first kappa shape index (κ1) is 24.7. The number of hydrogen-bond acceptors (Lipinski definition) is 3. The van der Waals surface area contributed by atoms with E-state index >= 15 is 0 Å². The molecule has 0 heterocycles. The molecule has 0 atom stereocenters. The summed E-state index contributed by atoms with van der Waals surface area (Å²) in [6.45, 7) is -0.447. The Balaban J connectivity index is 1.56. The van der Waals surface area contributed by atoms with Crippen molar-refractivity contribution in [2.75, 3.05) is 17.2 Å². The van der Waals surface area contributed by atoms with E-state index in [9.17, 15) is 22.8 Å². The lowest BCUT2D eigenvalue weighted by molar-refractivity contribution is -0.137. The van der Waals surface area contributed by atoms with Crippen LogP contribution in [-0.4, -0.2) is 18.4 Å². The summed E-state index contributed by atoms with van der Waals surface area (Å²) in [6, 6.07) is 12.9. The molecular weight excluding hydrogens is 504 g/mol. The van der Waals surface area contributed by atoms with Crippen LogP contribution in [0.1, 0.15) is 15.9 Å². The molecule has 3 rings (SSSR count). The first-order valence-corrected chi connectivity index (χ1v) is 10.3. The van der Waals surface area contributed by atoms with Gasteiger partial charge in [0.15, 0.2) is 6.61 Å². The van der Waals surface area contributed by atoms with Crippen molar-refractivity contribution in [1.29, 1.82) is 0 Å². The Morgan fingerprint density at radius 3 is 2.12 bits per heavy atom. The van der Waals surface area contributed by atoms with Crippen LogP contribution in [0.25, 0.3) is 0 Å². The third kappa shape index (κ3) is 6.77. The second-order valence-corrected chi connectivity index (χ2v) is 7.89. The van der Waals surface area contributed by atoms with Gasteiger partial charge in [0.25, 0.3) is 11.8 Å². The monoisotopic (exact) mass is 516 g/mol. The number of carbonyl (C=O) groups excluding carboxylic acids is 2. The van der Waals surface area contributed by atoms with Gasteiger partial charge in [-0.15, -0.1) is 0 Å². The van der Waals surface area contributed by atoms with Crippen molar-refractivity contribution in [3.63, 3.8) is 0 Å². The Labute approximate surface area is 201 Å². The molecule has 0 saturated carbocycles. The third-order valence-electron chi connectivity index (χ3n) is 4.21. The van der Waals surface area contributed by atoms with Crippen LogP contribution in [0.15, 0.2) is 60.7 Å². The molecule has 0 aliphatic carbocycles. The summed E-state index contributed by atoms with van der Waals surface area (Å²) in [6.07, 6.45) is -4.52. The Kier molecular flexibility index (Phi) is 7.73. The molecule has 2 amide bonds. The summed E-state index contributed by atoms with van der Waals surface area (Å²) in [5.74, 6) is -0.869. The van der Waals surface area contributed by atoms with E-state index in [0.717, 1.165) is 12.1 Å². The Hall–Kier alpha value is -2.94. The number of rotatable bonds is 6. The number of carbonyl (C=O) groups is 2. The molecule has 172 valence electrons. The zero-order valence-corrected chi connectivity index (χ0v) is 18.7. The fourth-order valence-electron chi connectivity index (χ4n) is 2.67. The molecule has 3 aromatic carbocycles. The van der Waals surface area contributed by atoms with Crippen molar-refractivity contribution < 1.29 is 27.5 Å². The molecule has 33 heavy (non-hydrogen) atoms. The molecular formula is C22H14Cl3F3N2O3. The Bertz CT molecular complexity index is 1160. The van der Waals surface area contributed by atoms with Crippen LogP contribution in [0.5, 0.6) is 5.75 Å². The SMILES string of the molecule is O=C(COc1ccc(C(=O)Nc2c(Cl)cc(Cl)cc2Cl)cc1)Nc1cccc(C(F)(F)F)c1. The van der Waals surface area contributed by atoms with Gasteiger partial charge >= 0.3 is 6.18 Å². The highest BCUT2D eigenvalue weighted by molar-refractivity contribution is 6.42. The zero-order valence-electron chi connectivity index (χ0n) is 16.5. The van der Waals surface area contributed by atoms with Crippen molar-refractivity contribution in [2.24, 2.45) is 0 Å². The number of hydrogen-bond donors (Lipinski definition) is 2. The number of ether oxygens (including phenoxy) is 1. The van der Waals surface area contributed by atoms with E-state index in [2.05, 4.69) is 10.6 Å². The van der Waals surface area contributed by atoms with Gasteiger partial charge in [-0.2, -0.15) is 13.2 Å². The predicted molar refractivity (Wildman–Crippen MR) is 121 cm³/mol. The normalized spacial score (nSPS) is 11.1. The number of alkyl halides is 3. The largest absolute Gasteiger partial charge is 0.484 e. The van der Waals surface area contributed by atoms with Crippen LogP contribution in [-0.2, 0) is 11.0 Å². The zero-order chi connectivity index (χ0) is 24.2. The summed E-state index contributed by atoms with van der Waals surface area (Å²) >= 11 is 18.0. The minimum atomic E-state index is -4.52. The summed E-state index contributed by atoms with van der Waals surface area (Å²) in [7, 11) is 0. The molecule has 0 spiro atoms. The molecule has 5 nitrogen and oxygen atoms in total. The molecule has 0 bridgehead atoms. The van der Waals surface area contributed by atoms with E-state index in [1.807, 2.05) is 0 Å². The number of benzene rings is 3. The van der Waals surface area contributed by atoms with Gasteiger partial charge in [0.2, 0.25) is 0 Å². The fourth-order valence-corrected chi connectivity index (χ4v) is 3.58. The lowest BCUT2D eigenvalue weighted by atomic mass is 10.2. The van der Waals surface area contributed by atoms with Crippen LogP contribution < -0.4 is 15.4 Å². The van der Waals surface area contributed by atoms with E-state index in [4.69, 9.17) is 39.5 Å². The van der Waals surface area contributed by atoms with Gasteiger partial charge in [0.05, 0.1) is 21.3 Å². The standard InChI is InChI=1S/C22H14Cl3F3N2O3/c23-14-9-17(24)20(18(25)10-14)30-21(32)12-4-6-16(7-5-12)33-11-19(31)29-15-3-1-2-13(8-15)22(26,27)28/h1-10H,11H2,(H,29,31)(H,30,32). The van der Waals surface area contributed by atoms with E-state index in [1.54, 1.807) is 0 Å². The third-order valence-corrected chi connectivity index (χ3v) is 5.02. The predicted octanol–water partition coefficient (Wildman–Crippen LogP) is 6.94. The Morgan fingerprint density at radius 2 is 1.52 bits per heavy atom. The van der Waals surface area contributed by atoms with Crippen LogP contribution >= 0.6 is 34.8 Å². The van der Waals surface area contributed by atoms with Crippen LogP contribution in [0.4, 0.5) is 24.5 Å². The van der Waals surface area contributed by atoms with Crippen LogP contribution in [0.2, 0.25) is 15.1 Å². The van der Waals surface area contributed by atoms with E-state index in [1.165, 1.54) is 48.5 Å². The molecule has 0 fully saturated rings. The quantitative estimate of drug-likeness (QED) is 0.372. The maximum absolute atomic E-state index is 12.8. The average Bonchev–Trinajstić information content (AvgIpc) is 2.74. The number of nitrogens with one attached hydrogen (secondary N) is 2. The number of amides is 2. The molecule has 11 heteroatoms. The molecule has 0 unspecified atom stereocenters. The molecule has 0 aliphatic heterocycles. The van der Waals surface area contributed by atoms with E-state index in [0.29, 0.717) is 5.02 Å². The Morgan fingerprint density at radius 1 is 0.879 bits per heavy atom. The van der Waals surface area contributed by atoms with Crippen molar-refractivity contribution in [2.45, 2.75) is 6.18 Å². The van der Waals surface area contributed by atoms with E-state index in [-0.39, 0.29) is 32.7 Å². The lowest BCUT2D eigenvalue weighted by Crippen LogP contribution is -2.20. The molecule has 2 N–H and O–H groups in total. The fraction of sp³-hybridized carbons (Fsp3) is 0.0909. The highest BCUT2D eigenvalue weighted by atomic mass is 35.5. The van der Waals surface area contributed by atoms with E-state index < -0.39 is 30.2 Å². The topological polar surface area (TPSA) is 67.4 Å². The molecule has 0 saturated heterocycles. The molecule has 0 aromatic heterocycles. The number of anilines is 2. The smallest absolute Gasteiger partial charge is 0.416 e. The number of halogens is 6. The van der Waals surface area contributed by atoms with Crippen LogP contribution in [0, 0.1) is 0 Å². The molecule has 3 aromatic rings. The van der Waals surface area contributed by atoms with Gasteiger partial charge < -0.3 is 15.4 Å². The van der Waals surface area contributed by atoms with Crippen molar-refractivity contribution in [3.05, 3.63) is 86.9 Å². The maximum atomic E-state index is 12.8. The van der Waals surface area contributed by atoms with Gasteiger partial charge in [0, 0.05) is 16.3 Å². The first-order valence-electron chi connectivity index (χ1n) is 9.19. The minimum Gasteiger partial charge on any atom is -0.484 e. The van der Waals surface area contributed by atoms with Gasteiger partial charge in [-0.25, -0.2) is 0 Å². The summed E-state index contributed by atoms with van der Waals surface area (Å²) in [4.78, 5) is 24.4. The summed E-state index contributed by atoms with van der Waals surface area (Å²) in [5.41, 5.74) is -0.418. The molecule has 0 radical (unpaired) electrons. The summed E-state index contributed by atoms with van der Waals surface area (Å²) in [5, 5.41) is 5.59. The van der Waals surface area contributed by atoms with Crippen molar-refractivity contribution in [1.82, 2.24) is 0 Å². The second kappa shape index (κ2) is 10.3. The maximum Gasteiger partial charge on any atom is 0.416 e. The molecule has 0 aliphatic rings. The minimum absolute atomic E-state index is 0.00929. The van der Waals surface area contributed by atoms with Crippen molar-refractivity contribution in [3.8, 4) is 5.75 Å². The highest BCUT2D eigenvalue weighted by Gasteiger charge is 2.30. The second-order valence-electron chi connectivity index (χ2n) is 6.64. The van der Waals surface area contributed by atoms with Gasteiger partial charge in [-0.1, -0.05) is 40.9 Å². The van der Waals surface area contributed by atoms with Gasteiger partial charge in [-0.05, 0) is 54.6 Å². The van der Waals surface area contributed by atoms with Gasteiger partial charge in [0.1, 0.15) is 5.75 Å². The average molecular weight is 518 g/mol.